The third-order valence-electron chi connectivity index (χ3n) is 2.40. The number of nitrogens with two attached hydrogens (primary N) is 1. The van der Waals surface area contributed by atoms with E-state index in [-0.39, 0.29) is 0 Å². The molecule has 0 radical (unpaired) electrons. The van der Waals surface area contributed by atoms with Crippen molar-refractivity contribution < 1.29 is 4.74 Å². The Morgan fingerprint density at radius 2 is 1.89 bits per heavy atom. The van der Waals surface area contributed by atoms with Crippen LogP contribution in [0.5, 0.6) is 5.75 Å². The average Bonchev–Trinajstić information content (AvgIpc) is 2.37. The molecule has 0 aromatic heterocycles. The lowest BCUT2D eigenvalue weighted by Gasteiger charge is -2.09. The highest BCUT2D eigenvalue weighted by Crippen LogP contribution is 2.15. The minimum atomic E-state index is 0.597. The molecule has 0 aliphatic rings. The lowest BCUT2D eigenvalue weighted by atomic mass is 10.3. The van der Waals surface area contributed by atoms with Crippen LogP contribution >= 0.6 is 15.9 Å². The fourth-order valence-corrected chi connectivity index (χ4v) is 1.80. The highest BCUT2D eigenvalue weighted by Gasteiger charge is 1.95. The number of nitrogens with one attached hydrogen (secondary N) is 1. The van der Waals surface area contributed by atoms with Gasteiger partial charge >= 0.3 is 0 Å². The molecule has 3 N–H and O–H groups in total. The van der Waals surface area contributed by atoms with Gasteiger partial charge in [-0.05, 0) is 36.4 Å². The maximum Gasteiger partial charge on any atom is 0.121 e. The number of hydrogen-bond donors (Lipinski definition) is 2. The molecule has 0 spiro atoms. The molecule has 18 heavy (non-hydrogen) atoms. The molecule has 0 saturated heterocycles. The third-order valence-corrected chi connectivity index (χ3v) is 2.93. The van der Waals surface area contributed by atoms with Gasteiger partial charge in [-0.15, -0.1) is 0 Å². The van der Waals surface area contributed by atoms with Crippen molar-refractivity contribution in [3.05, 3.63) is 53.0 Å². The van der Waals surface area contributed by atoms with Crippen molar-refractivity contribution in [1.29, 1.82) is 0 Å². The van der Waals surface area contributed by atoms with Crippen molar-refractivity contribution in [2.45, 2.75) is 0 Å². The Balaban J connectivity index is 1.74. The number of hydrogen-bond acceptors (Lipinski definition) is 3. The van der Waals surface area contributed by atoms with Gasteiger partial charge in [0.25, 0.3) is 0 Å². The summed E-state index contributed by atoms with van der Waals surface area (Å²) in [6.45, 7) is 1.34. The number of benzene rings is 2. The van der Waals surface area contributed by atoms with Gasteiger partial charge in [0.1, 0.15) is 12.4 Å². The Morgan fingerprint density at radius 1 is 1.11 bits per heavy atom. The largest absolute Gasteiger partial charge is 0.492 e. The molecule has 2 aromatic rings. The number of anilines is 2. The molecule has 0 aliphatic heterocycles. The number of rotatable bonds is 5. The standard InChI is InChI=1S/C14H15BrN2O/c15-11-4-6-13(7-5-11)17-8-9-18-14-3-1-2-12(16)10-14/h1-7,10,17H,8-9,16H2. The summed E-state index contributed by atoms with van der Waals surface area (Å²) in [4.78, 5) is 0. The summed E-state index contributed by atoms with van der Waals surface area (Å²) in [5.74, 6) is 0.799. The monoisotopic (exact) mass is 306 g/mol. The van der Waals surface area contributed by atoms with Crippen molar-refractivity contribution >= 4 is 27.3 Å². The van der Waals surface area contributed by atoms with Gasteiger partial charge < -0.3 is 15.8 Å². The third kappa shape index (κ3) is 3.96. The van der Waals surface area contributed by atoms with Gasteiger partial charge in [0.05, 0.1) is 0 Å². The highest BCUT2D eigenvalue weighted by molar-refractivity contribution is 9.10. The number of nitrogen functional groups attached to an aromatic ring is 1. The zero-order valence-corrected chi connectivity index (χ0v) is 11.5. The van der Waals surface area contributed by atoms with E-state index in [9.17, 15) is 0 Å². The molecule has 0 saturated carbocycles. The van der Waals surface area contributed by atoms with E-state index in [1.54, 1.807) is 0 Å². The predicted molar refractivity (Wildman–Crippen MR) is 79.0 cm³/mol. The first-order valence-corrected chi connectivity index (χ1v) is 6.51. The zero-order chi connectivity index (χ0) is 12.8. The maximum atomic E-state index is 5.67. The minimum Gasteiger partial charge on any atom is -0.492 e. The van der Waals surface area contributed by atoms with E-state index in [4.69, 9.17) is 10.5 Å². The van der Waals surface area contributed by atoms with Crippen LogP contribution in [0, 0.1) is 0 Å². The Labute approximate surface area is 115 Å². The fourth-order valence-electron chi connectivity index (χ4n) is 1.54. The molecule has 0 heterocycles. The van der Waals surface area contributed by atoms with Crippen LogP contribution in [0.1, 0.15) is 0 Å². The summed E-state index contributed by atoms with van der Waals surface area (Å²) in [7, 11) is 0. The Hall–Kier alpha value is -1.68. The topological polar surface area (TPSA) is 47.3 Å². The van der Waals surface area contributed by atoms with Crippen LogP contribution in [0.3, 0.4) is 0 Å². The first-order chi connectivity index (χ1) is 8.74. The summed E-state index contributed by atoms with van der Waals surface area (Å²) in [5.41, 5.74) is 7.46. The van der Waals surface area contributed by atoms with Crippen LogP contribution < -0.4 is 15.8 Å². The van der Waals surface area contributed by atoms with E-state index in [1.807, 2.05) is 48.5 Å². The van der Waals surface area contributed by atoms with Crippen LogP contribution in [0.4, 0.5) is 11.4 Å². The van der Waals surface area contributed by atoms with E-state index in [1.165, 1.54) is 0 Å². The average molecular weight is 307 g/mol. The quantitative estimate of drug-likeness (QED) is 0.656. The van der Waals surface area contributed by atoms with Gasteiger partial charge in [-0.2, -0.15) is 0 Å². The van der Waals surface area contributed by atoms with E-state index in [0.717, 1.165) is 22.5 Å². The van der Waals surface area contributed by atoms with Crippen LogP contribution in [-0.4, -0.2) is 13.2 Å². The second-order valence-corrected chi connectivity index (χ2v) is 4.77. The summed E-state index contributed by atoms with van der Waals surface area (Å²) < 4.78 is 6.65. The van der Waals surface area contributed by atoms with Gasteiger partial charge in [-0.1, -0.05) is 22.0 Å². The predicted octanol–water partition coefficient (Wildman–Crippen LogP) is 3.52. The van der Waals surface area contributed by atoms with Crippen LogP contribution in [0.15, 0.2) is 53.0 Å². The van der Waals surface area contributed by atoms with Crippen molar-refractivity contribution in [3.63, 3.8) is 0 Å². The second-order valence-electron chi connectivity index (χ2n) is 3.85. The fraction of sp³-hybridized carbons (Fsp3) is 0.143. The molecule has 2 aromatic carbocycles. The van der Waals surface area contributed by atoms with Gasteiger partial charge in [0.15, 0.2) is 0 Å². The minimum absolute atomic E-state index is 0.597. The number of halogens is 1. The molecule has 0 unspecified atom stereocenters. The molecule has 0 bridgehead atoms. The van der Waals surface area contributed by atoms with E-state index in [0.29, 0.717) is 12.3 Å². The molecule has 4 heteroatoms. The lowest BCUT2D eigenvalue weighted by Crippen LogP contribution is -2.11. The van der Waals surface area contributed by atoms with Gasteiger partial charge in [-0.25, -0.2) is 0 Å². The lowest BCUT2D eigenvalue weighted by molar-refractivity contribution is 0.333. The molecule has 0 amide bonds. The summed E-state index contributed by atoms with van der Waals surface area (Å²) in [6.07, 6.45) is 0. The molecule has 0 atom stereocenters. The molecule has 3 nitrogen and oxygen atoms in total. The summed E-state index contributed by atoms with van der Waals surface area (Å²) in [5, 5.41) is 3.28. The van der Waals surface area contributed by atoms with Crippen LogP contribution in [0.2, 0.25) is 0 Å². The van der Waals surface area contributed by atoms with Crippen molar-refractivity contribution in [1.82, 2.24) is 0 Å². The van der Waals surface area contributed by atoms with Gasteiger partial charge in [0, 0.05) is 28.5 Å². The van der Waals surface area contributed by atoms with E-state index in [2.05, 4.69) is 21.2 Å². The van der Waals surface area contributed by atoms with Crippen molar-refractivity contribution in [3.8, 4) is 5.75 Å². The van der Waals surface area contributed by atoms with Crippen LogP contribution in [-0.2, 0) is 0 Å². The van der Waals surface area contributed by atoms with E-state index >= 15 is 0 Å². The molecular formula is C14H15BrN2O. The maximum absolute atomic E-state index is 5.67. The van der Waals surface area contributed by atoms with Crippen molar-refractivity contribution in [2.24, 2.45) is 0 Å². The molecule has 0 aliphatic carbocycles. The Morgan fingerprint density at radius 3 is 2.61 bits per heavy atom. The summed E-state index contributed by atoms with van der Waals surface area (Å²) in [6, 6.07) is 15.5. The Bertz CT molecular complexity index is 499. The number of ether oxygens (including phenoxy) is 1. The first-order valence-electron chi connectivity index (χ1n) is 5.72. The second kappa shape index (κ2) is 6.31. The molecule has 2 rings (SSSR count). The summed E-state index contributed by atoms with van der Waals surface area (Å²) >= 11 is 3.40. The van der Waals surface area contributed by atoms with Gasteiger partial charge in [-0.3, -0.25) is 0 Å². The SMILES string of the molecule is Nc1cccc(OCCNc2ccc(Br)cc2)c1. The molecule has 0 fully saturated rings. The highest BCUT2D eigenvalue weighted by atomic mass is 79.9. The molecule has 94 valence electrons. The molecular weight excluding hydrogens is 292 g/mol. The zero-order valence-electron chi connectivity index (χ0n) is 9.90. The van der Waals surface area contributed by atoms with Crippen molar-refractivity contribution in [2.75, 3.05) is 24.2 Å². The first kappa shape index (κ1) is 12.8. The smallest absolute Gasteiger partial charge is 0.121 e. The van der Waals surface area contributed by atoms with Crippen LogP contribution in [0.25, 0.3) is 0 Å². The normalized spacial score (nSPS) is 10.1. The van der Waals surface area contributed by atoms with E-state index < -0.39 is 0 Å². The Kier molecular flexibility index (Phi) is 4.47. The van der Waals surface area contributed by atoms with Gasteiger partial charge in [0.2, 0.25) is 0 Å².